The summed E-state index contributed by atoms with van der Waals surface area (Å²) in [5, 5.41) is 0.814. The Morgan fingerprint density at radius 1 is 1.40 bits per heavy atom. The zero-order chi connectivity index (χ0) is 10.8. The molecule has 0 atom stereocenters. The highest BCUT2D eigenvalue weighted by atomic mass is 19.1. The quantitative estimate of drug-likeness (QED) is 0.820. The number of fused-ring (bicyclic) bond motifs is 1. The highest BCUT2D eigenvalue weighted by Crippen LogP contribution is 2.24. The van der Waals surface area contributed by atoms with E-state index >= 15 is 0 Å². The molecule has 2 aromatic rings. The molecule has 0 aliphatic rings. The molecule has 1 aromatic carbocycles. The first kappa shape index (κ1) is 9.71. The molecule has 0 bridgehead atoms. The molecule has 0 saturated carbocycles. The highest BCUT2D eigenvalue weighted by molar-refractivity contribution is 5.81. The van der Waals surface area contributed by atoms with Crippen molar-refractivity contribution >= 4 is 16.7 Å². The van der Waals surface area contributed by atoms with Crippen LogP contribution in [0.5, 0.6) is 5.75 Å². The van der Waals surface area contributed by atoms with Crippen LogP contribution in [-0.2, 0) is 0 Å². The molecule has 1 heterocycles. The second-order valence-electron chi connectivity index (χ2n) is 3.14. The van der Waals surface area contributed by atoms with Crippen molar-refractivity contribution in [2.24, 2.45) is 0 Å². The number of nitrogens with zero attached hydrogens (tertiary/aromatic N) is 1. The summed E-state index contributed by atoms with van der Waals surface area (Å²) in [5.74, 6) is 0.213. The van der Waals surface area contributed by atoms with Crippen molar-refractivity contribution in [1.29, 1.82) is 0 Å². The zero-order valence-corrected chi connectivity index (χ0v) is 8.33. The standard InChI is InChI=1S/C11H11FN2O/c1-2-15-10-5-7-3-4-11(13)14-9(7)6-8(10)12/h3-6H,2H2,1H3,(H2,13,14). The molecule has 4 heteroatoms. The minimum atomic E-state index is -0.414. The van der Waals surface area contributed by atoms with Crippen LogP contribution in [0.15, 0.2) is 24.3 Å². The third-order valence-electron chi connectivity index (χ3n) is 2.06. The number of nitrogen functional groups attached to an aromatic ring is 1. The summed E-state index contributed by atoms with van der Waals surface area (Å²) in [6, 6.07) is 6.42. The normalized spacial score (nSPS) is 10.5. The maximum atomic E-state index is 13.4. The number of rotatable bonds is 2. The Balaban J connectivity index is 2.60. The van der Waals surface area contributed by atoms with Crippen molar-refractivity contribution in [2.45, 2.75) is 6.92 Å². The second-order valence-corrected chi connectivity index (χ2v) is 3.14. The van der Waals surface area contributed by atoms with E-state index in [-0.39, 0.29) is 5.75 Å². The van der Waals surface area contributed by atoms with Gasteiger partial charge < -0.3 is 10.5 Å². The van der Waals surface area contributed by atoms with Crippen molar-refractivity contribution in [3.63, 3.8) is 0 Å². The van der Waals surface area contributed by atoms with Gasteiger partial charge in [0.2, 0.25) is 0 Å². The predicted octanol–water partition coefficient (Wildman–Crippen LogP) is 2.35. The van der Waals surface area contributed by atoms with Crippen LogP contribution >= 0.6 is 0 Å². The van der Waals surface area contributed by atoms with Gasteiger partial charge in [-0.05, 0) is 25.1 Å². The van der Waals surface area contributed by atoms with Crippen molar-refractivity contribution < 1.29 is 9.13 Å². The van der Waals surface area contributed by atoms with E-state index in [4.69, 9.17) is 10.5 Å². The summed E-state index contributed by atoms with van der Waals surface area (Å²) in [6.07, 6.45) is 0. The van der Waals surface area contributed by atoms with Crippen LogP contribution in [0.1, 0.15) is 6.92 Å². The predicted molar refractivity (Wildman–Crippen MR) is 57.3 cm³/mol. The lowest BCUT2D eigenvalue weighted by Gasteiger charge is -2.06. The monoisotopic (exact) mass is 206 g/mol. The number of pyridine rings is 1. The molecular weight excluding hydrogens is 195 g/mol. The van der Waals surface area contributed by atoms with Gasteiger partial charge in [0.15, 0.2) is 11.6 Å². The number of hydrogen-bond acceptors (Lipinski definition) is 3. The number of benzene rings is 1. The third-order valence-corrected chi connectivity index (χ3v) is 2.06. The SMILES string of the molecule is CCOc1cc2ccc(N)nc2cc1F. The minimum absolute atomic E-state index is 0.247. The van der Waals surface area contributed by atoms with Gasteiger partial charge in [0, 0.05) is 11.5 Å². The Hall–Kier alpha value is -1.84. The van der Waals surface area contributed by atoms with Crippen LogP contribution in [0.25, 0.3) is 10.9 Å². The average Bonchev–Trinajstić information content (AvgIpc) is 2.20. The van der Waals surface area contributed by atoms with E-state index in [1.165, 1.54) is 6.07 Å². The Bertz CT molecular complexity index is 499. The van der Waals surface area contributed by atoms with Crippen molar-refractivity contribution in [2.75, 3.05) is 12.3 Å². The highest BCUT2D eigenvalue weighted by Gasteiger charge is 2.06. The van der Waals surface area contributed by atoms with Gasteiger partial charge in [0.25, 0.3) is 0 Å². The molecule has 0 fully saturated rings. The summed E-state index contributed by atoms with van der Waals surface area (Å²) in [4.78, 5) is 4.02. The van der Waals surface area contributed by atoms with E-state index in [2.05, 4.69) is 4.98 Å². The summed E-state index contributed by atoms with van der Waals surface area (Å²) in [6.45, 7) is 2.25. The number of aromatic nitrogens is 1. The van der Waals surface area contributed by atoms with E-state index < -0.39 is 5.82 Å². The lowest BCUT2D eigenvalue weighted by molar-refractivity contribution is 0.322. The molecular formula is C11H11FN2O. The second kappa shape index (κ2) is 3.73. The molecule has 78 valence electrons. The van der Waals surface area contributed by atoms with Gasteiger partial charge in [0.1, 0.15) is 5.82 Å². The fourth-order valence-electron chi connectivity index (χ4n) is 1.41. The van der Waals surface area contributed by atoms with Crippen molar-refractivity contribution in [3.05, 3.63) is 30.1 Å². The Labute approximate surface area is 86.7 Å². The van der Waals surface area contributed by atoms with Crippen LogP contribution in [0.2, 0.25) is 0 Å². The van der Waals surface area contributed by atoms with Gasteiger partial charge in [-0.15, -0.1) is 0 Å². The molecule has 2 rings (SSSR count). The molecule has 1 aromatic heterocycles. The molecule has 15 heavy (non-hydrogen) atoms. The number of hydrogen-bond donors (Lipinski definition) is 1. The van der Waals surface area contributed by atoms with Crippen molar-refractivity contribution in [3.8, 4) is 5.75 Å². The maximum absolute atomic E-state index is 13.4. The Morgan fingerprint density at radius 2 is 2.20 bits per heavy atom. The number of ether oxygens (including phenoxy) is 1. The Kier molecular flexibility index (Phi) is 2.41. The Morgan fingerprint density at radius 3 is 2.93 bits per heavy atom. The molecule has 2 N–H and O–H groups in total. The van der Waals surface area contributed by atoms with Crippen LogP contribution < -0.4 is 10.5 Å². The van der Waals surface area contributed by atoms with Crippen LogP contribution in [0, 0.1) is 5.82 Å². The van der Waals surface area contributed by atoms with E-state index in [0.29, 0.717) is 17.9 Å². The fraction of sp³-hybridized carbons (Fsp3) is 0.182. The lowest BCUT2D eigenvalue weighted by Crippen LogP contribution is -1.96. The van der Waals surface area contributed by atoms with E-state index in [0.717, 1.165) is 5.39 Å². The van der Waals surface area contributed by atoms with Gasteiger partial charge in [-0.1, -0.05) is 0 Å². The molecule has 0 aliphatic heterocycles. The maximum Gasteiger partial charge on any atom is 0.167 e. The van der Waals surface area contributed by atoms with Gasteiger partial charge in [-0.25, -0.2) is 9.37 Å². The van der Waals surface area contributed by atoms with Gasteiger partial charge >= 0.3 is 0 Å². The van der Waals surface area contributed by atoms with Crippen molar-refractivity contribution in [1.82, 2.24) is 4.98 Å². The first-order valence-corrected chi connectivity index (χ1v) is 4.69. The molecule has 0 amide bonds. The topological polar surface area (TPSA) is 48.1 Å². The van der Waals surface area contributed by atoms with Gasteiger partial charge in [0.05, 0.1) is 12.1 Å². The van der Waals surface area contributed by atoms with Gasteiger partial charge in [-0.2, -0.15) is 0 Å². The molecule has 0 spiro atoms. The largest absolute Gasteiger partial charge is 0.491 e. The summed E-state index contributed by atoms with van der Waals surface area (Å²) < 4.78 is 18.6. The van der Waals surface area contributed by atoms with Gasteiger partial charge in [-0.3, -0.25) is 0 Å². The summed E-state index contributed by atoms with van der Waals surface area (Å²) >= 11 is 0. The molecule has 3 nitrogen and oxygen atoms in total. The number of halogens is 1. The van der Waals surface area contributed by atoms with Crippen LogP contribution in [-0.4, -0.2) is 11.6 Å². The zero-order valence-electron chi connectivity index (χ0n) is 8.33. The third kappa shape index (κ3) is 1.83. The average molecular weight is 206 g/mol. The minimum Gasteiger partial charge on any atom is -0.491 e. The lowest BCUT2D eigenvalue weighted by atomic mass is 10.2. The smallest absolute Gasteiger partial charge is 0.167 e. The molecule has 0 saturated heterocycles. The van der Waals surface area contributed by atoms with E-state index in [1.54, 1.807) is 18.2 Å². The van der Waals surface area contributed by atoms with E-state index in [1.807, 2.05) is 6.92 Å². The summed E-state index contributed by atoms with van der Waals surface area (Å²) in [7, 11) is 0. The number of nitrogens with two attached hydrogens (primary N) is 1. The van der Waals surface area contributed by atoms with Crippen LogP contribution in [0.4, 0.5) is 10.2 Å². The number of anilines is 1. The first-order valence-electron chi connectivity index (χ1n) is 4.69. The van der Waals surface area contributed by atoms with E-state index in [9.17, 15) is 4.39 Å². The molecule has 0 aliphatic carbocycles. The fourth-order valence-corrected chi connectivity index (χ4v) is 1.41. The van der Waals surface area contributed by atoms with Crippen LogP contribution in [0.3, 0.4) is 0 Å². The summed E-state index contributed by atoms with van der Waals surface area (Å²) in [5.41, 5.74) is 6.04. The molecule has 0 radical (unpaired) electrons. The molecule has 0 unspecified atom stereocenters. The first-order chi connectivity index (χ1) is 7.20.